The zero-order valence-corrected chi connectivity index (χ0v) is 13.8. The molecule has 0 saturated heterocycles. The number of aliphatic hydroxyl groups excluding tert-OH is 1. The first-order valence-electron chi connectivity index (χ1n) is 7.11. The van der Waals surface area contributed by atoms with Crippen LogP contribution >= 0.6 is 11.6 Å². The smallest absolute Gasteiger partial charge is 0.323 e. The molecule has 1 aromatic heterocycles. The van der Waals surface area contributed by atoms with Crippen molar-refractivity contribution < 1.29 is 9.90 Å². The highest BCUT2D eigenvalue weighted by molar-refractivity contribution is 6.30. The maximum atomic E-state index is 11.9. The van der Waals surface area contributed by atoms with Gasteiger partial charge in [0.05, 0.1) is 24.5 Å². The van der Waals surface area contributed by atoms with E-state index >= 15 is 0 Å². The van der Waals surface area contributed by atoms with E-state index < -0.39 is 6.10 Å². The van der Waals surface area contributed by atoms with Gasteiger partial charge in [-0.25, -0.2) is 4.79 Å². The number of carbonyl (C=O) groups excluding carboxylic acids is 1. The molecule has 2 amide bonds. The van der Waals surface area contributed by atoms with E-state index in [1.165, 1.54) is 6.20 Å². The molecule has 0 saturated carbocycles. The van der Waals surface area contributed by atoms with Crippen molar-refractivity contribution in [2.24, 2.45) is 0 Å². The minimum atomic E-state index is -0.530. The number of urea groups is 1. The van der Waals surface area contributed by atoms with Gasteiger partial charge in [0.15, 0.2) is 0 Å². The van der Waals surface area contributed by atoms with Gasteiger partial charge in [0.1, 0.15) is 0 Å². The van der Waals surface area contributed by atoms with Crippen LogP contribution in [0.3, 0.4) is 0 Å². The van der Waals surface area contributed by atoms with Crippen molar-refractivity contribution in [3.8, 4) is 0 Å². The van der Waals surface area contributed by atoms with E-state index in [1.807, 2.05) is 19.0 Å². The van der Waals surface area contributed by atoms with E-state index in [2.05, 4.69) is 15.7 Å². The summed E-state index contributed by atoms with van der Waals surface area (Å²) in [6.07, 6.45) is 2.66. The lowest BCUT2D eigenvalue weighted by Gasteiger charge is -2.15. The first kappa shape index (κ1) is 17.3. The minimum Gasteiger partial charge on any atom is -0.390 e. The Kier molecular flexibility index (Phi) is 5.97. The Labute approximate surface area is 139 Å². The number of anilines is 2. The fraction of sp³-hybridized carbons (Fsp3) is 0.333. The van der Waals surface area contributed by atoms with Crippen molar-refractivity contribution in [1.82, 2.24) is 14.7 Å². The van der Waals surface area contributed by atoms with Gasteiger partial charge in [-0.05, 0) is 32.3 Å². The normalized spacial score (nSPS) is 12.2. The van der Waals surface area contributed by atoms with E-state index in [1.54, 1.807) is 35.1 Å². The number of amides is 2. The van der Waals surface area contributed by atoms with Crippen LogP contribution in [0.4, 0.5) is 16.2 Å². The van der Waals surface area contributed by atoms with Gasteiger partial charge in [0.25, 0.3) is 0 Å². The molecular formula is C15H20ClN5O2. The average molecular weight is 338 g/mol. The Morgan fingerprint density at radius 2 is 2.13 bits per heavy atom. The molecule has 2 rings (SSSR count). The zero-order chi connectivity index (χ0) is 16.8. The number of likely N-dealkylation sites (N-methyl/N-ethyl adjacent to an activating group) is 1. The van der Waals surface area contributed by atoms with Crippen molar-refractivity contribution in [3.63, 3.8) is 0 Å². The minimum absolute atomic E-state index is 0.357. The van der Waals surface area contributed by atoms with Gasteiger partial charge in [-0.2, -0.15) is 5.10 Å². The van der Waals surface area contributed by atoms with Crippen molar-refractivity contribution in [2.75, 3.05) is 31.3 Å². The van der Waals surface area contributed by atoms with E-state index in [4.69, 9.17) is 11.6 Å². The van der Waals surface area contributed by atoms with Crippen LogP contribution in [0.25, 0.3) is 0 Å². The second kappa shape index (κ2) is 7.96. The van der Waals surface area contributed by atoms with Crippen LogP contribution in [0.2, 0.25) is 5.02 Å². The summed E-state index contributed by atoms with van der Waals surface area (Å²) < 4.78 is 1.59. The van der Waals surface area contributed by atoms with Gasteiger partial charge in [-0.1, -0.05) is 17.7 Å². The Bertz CT molecular complexity index is 659. The van der Waals surface area contributed by atoms with Gasteiger partial charge in [-0.3, -0.25) is 4.68 Å². The fourth-order valence-corrected chi connectivity index (χ4v) is 2.27. The van der Waals surface area contributed by atoms with Crippen LogP contribution in [0.1, 0.15) is 0 Å². The summed E-state index contributed by atoms with van der Waals surface area (Å²) >= 11 is 5.86. The summed E-state index contributed by atoms with van der Waals surface area (Å²) in [6.45, 7) is 0.896. The molecule has 23 heavy (non-hydrogen) atoms. The monoisotopic (exact) mass is 337 g/mol. The molecule has 0 spiro atoms. The van der Waals surface area contributed by atoms with E-state index in [-0.39, 0.29) is 6.03 Å². The van der Waals surface area contributed by atoms with Crippen LogP contribution < -0.4 is 10.6 Å². The Hall–Kier alpha value is -2.09. The van der Waals surface area contributed by atoms with Crippen molar-refractivity contribution in [1.29, 1.82) is 0 Å². The van der Waals surface area contributed by atoms with Gasteiger partial charge >= 0.3 is 6.03 Å². The molecule has 2 aromatic rings. The highest BCUT2D eigenvalue weighted by atomic mass is 35.5. The number of rotatable bonds is 6. The van der Waals surface area contributed by atoms with E-state index in [9.17, 15) is 9.90 Å². The van der Waals surface area contributed by atoms with Crippen LogP contribution in [0.5, 0.6) is 0 Å². The molecule has 0 unspecified atom stereocenters. The van der Waals surface area contributed by atoms with Crippen molar-refractivity contribution in [3.05, 3.63) is 41.7 Å². The molecule has 3 N–H and O–H groups in total. The van der Waals surface area contributed by atoms with Gasteiger partial charge < -0.3 is 20.6 Å². The first-order valence-corrected chi connectivity index (χ1v) is 7.49. The van der Waals surface area contributed by atoms with Gasteiger partial charge in [0, 0.05) is 23.5 Å². The number of carbonyl (C=O) groups is 1. The zero-order valence-electron chi connectivity index (χ0n) is 13.0. The fourth-order valence-electron chi connectivity index (χ4n) is 2.08. The summed E-state index contributed by atoms with van der Waals surface area (Å²) in [5.41, 5.74) is 1.14. The van der Waals surface area contributed by atoms with Crippen LogP contribution in [0.15, 0.2) is 36.7 Å². The molecule has 124 valence electrons. The Balaban J connectivity index is 1.87. The lowest BCUT2D eigenvalue weighted by atomic mass is 10.3. The first-order chi connectivity index (χ1) is 10.9. The topological polar surface area (TPSA) is 82.4 Å². The third-order valence-electron chi connectivity index (χ3n) is 2.95. The van der Waals surface area contributed by atoms with Crippen molar-refractivity contribution >= 4 is 29.0 Å². The van der Waals surface area contributed by atoms with Crippen LogP contribution in [-0.2, 0) is 6.54 Å². The second-order valence-corrected chi connectivity index (χ2v) is 5.89. The molecule has 1 heterocycles. The predicted molar refractivity (Wildman–Crippen MR) is 90.9 cm³/mol. The maximum absolute atomic E-state index is 11.9. The highest BCUT2D eigenvalue weighted by Gasteiger charge is 2.09. The molecule has 0 bridgehead atoms. The average Bonchev–Trinajstić information content (AvgIpc) is 2.84. The lowest BCUT2D eigenvalue weighted by Crippen LogP contribution is -2.29. The van der Waals surface area contributed by atoms with Crippen LogP contribution in [-0.4, -0.2) is 52.6 Å². The Morgan fingerprint density at radius 1 is 1.39 bits per heavy atom. The maximum Gasteiger partial charge on any atom is 0.323 e. The van der Waals surface area contributed by atoms with Gasteiger partial charge in [0.2, 0.25) is 0 Å². The molecule has 7 nitrogen and oxygen atoms in total. The SMILES string of the molecule is CN(C)C[C@H](O)Cn1cc(NC(=O)Nc2cccc(Cl)c2)cn1. The highest BCUT2D eigenvalue weighted by Crippen LogP contribution is 2.15. The molecule has 0 fully saturated rings. The molecule has 0 radical (unpaired) electrons. The second-order valence-electron chi connectivity index (χ2n) is 5.46. The molecule has 0 aliphatic heterocycles. The number of hydrogen-bond acceptors (Lipinski definition) is 4. The van der Waals surface area contributed by atoms with Crippen molar-refractivity contribution in [2.45, 2.75) is 12.6 Å². The number of nitrogens with one attached hydrogen (secondary N) is 2. The molecule has 0 aliphatic rings. The number of halogens is 1. The number of benzene rings is 1. The predicted octanol–water partition coefficient (Wildman–Crippen LogP) is 2.10. The number of nitrogens with zero attached hydrogens (tertiary/aromatic N) is 3. The summed E-state index contributed by atoms with van der Waals surface area (Å²) in [5.74, 6) is 0. The van der Waals surface area contributed by atoms with Gasteiger partial charge in [-0.15, -0.1) is 0 Å². The molecule has 0 aliphatic carbocycles. The quantitative estimate of drug-likeness (QED) is 0.754. The molecular weight excluding hydrogens is 318 g/mol. The summed E-state index contributed by atoms with van der Waals surface area (Å²) in [6, 6.07) is 6.49. The largest absolute Gasteiger partial charge is 0.390 e. The summed E-state index contributed by atoms with van der Waals surface area (Å²) in [5, 5.41) is 19.9. The molecule has 1 atom stereocenters. The molecule has 8 heteroatoms. The summed E-state index contributed by atoms with van der Waals surface area (Å²) in [7, 11) is 3.78. The lowest BCUT2D eigenvalue weighted by molar-refractivity contribution is 0.116. The number of aliphatic hydroxyl groups is 1. The molecule has 1 aromatic carbocycles. The van der Waals surface area contributed by atoms with E-state index in [0.29, 0.717) is 29.5 Å². The number of aromatic nitrogens is 2. The number of hydrogen-bond donors (Lipinski definition) is 3. The third kappa shape index (κ3) is 5.90. The summed E-state index contributed by atoms with van der Waals surface area (Å²) in [4.78, 5) is 13.8. The third-order valence-corrected chi connectivity index (χ3v) is 3.18. The Morgan fingerprint density at radius 3 is 2.83 bits per heavy atom. The standard InChI is InChI=1S/C15H20ClN5O2/c1-20(2)9-14(22)10-21-8-13(7-17-21)19-15(23)18-12-5-3-4-11(16)6-12/h3-8,14,22H,9-10H2,1-2H3,(H2,18,19,23)/t14-/m0/s1. The van der Waals surface area contributed by atoms with E-state index in [0.717, 1.165) is 0 Å². The van der Waals surface area contributed by atoms with Crippen LogP contribution in [0, 0.1) is 0 Å².